The number of aliphatic hydroxyl groups is 6. The van der Waals surface area contributed by atoms with Crippen molar-refractivity contribution in [1.82, 2.24) is 0 Å². The summed E-state index contributed by atoms with van der Waals surface area (Å²) >= 11 is 0. The minimum Gasteiger partial charge on any atom is -0.507 e. The first-order chi connectivity index (χ1) is 19.8. The van der Waals surface area contributed by atoms with Gasteiger partial charge in [0, 0.05) is 12.1 Å². The molecule has 0 spiro atoms. The van der Waals surface area contributed by atoms with Crippen molar-refractivity contribution in [2.45, 2.75) is 87.5 Å². The van der Waals surface area contributed by atoms with E-state index in [9.17, 15) is 50.8 Å². The van der Waals surface area contributed by atoms with E-state index in [2.05, 4.69) is 0 Å². The van der Waals surface area contributed by atoms with Crippen LogP contribution in [0.1, 0.15) is 35.9 Å². The molecule has 5 rings (SSSR count). The van der Waals surface area contributed by atoms with Gasteiger partial charge >= 0.3 is 0 Å². The molecule has 230 valence electrons. The van der Waals surface area contributed by atoms with Crippen LogP contribution >= 0.6 is 0 Å². The molecule has 2 aromatic rings. The van der Waals surface area contributed by atoms with Crippen LogP contribution in [0.25, 0.3) is 0 Å². The molecule has 12 atom stereocenters. The number of rotatable bonds is 5. The summed E-state index contributed by atoms with van der Waals surface area (Å²) in [7, 11) is 0. The van der Waals surface area contributed by atoms with Crippen molar-refractivity contribution < 1.29 is 74.4 Å². The molecule has 0 radical (unpaired) electrons. The van der Waals surface area contributed by atoms with Crippen molar-refractivity contribution >= 4 is 5.78 Å². The average molecular weight is 597 g/mol. The fourth-order valence-electron chi connectivity index (χ4n) is 5.07. The van der Waals surface area contributed by atoms with Gasteiger partial charge in [0.25, 0.3) is 0 Å². The molecule has 3 heterocycles. The molecule has 2 saturated heterocycles. The molecule has 2 aromatic carbocycles. The van der Waals surface area contributed by atoms with Crippen LogP contribution in [0.4, 0.5) is 0 Å². The van der Waals surface area contributed by atoms with Crippen LogP contribution in [0, 0.1) is 0 Å². The van der Waals surface area contributed by atoms with Gasteiger partial charge < -0.3 is 69.6 Å². The molecule has 15 heteroatoms. The average Bonchev–Trinajstić information content (AvgIpc) is 2.94. The van der Waals surface area contributed by atoms with Gasteiger partial charge in [0.1, 0.15) is 59.4 Å². The van der Waals surface area contributed by atoms with Gasteiger partial charge in [-0.25, -0.2) is 0 Å². The van der Waals surface area contributed by atoms with Crippen LogP contribution in [-0.4, -0.2) is 119 Å². The summed E-state index contributed by atoms with van der Waals surface area (Å²) in [6, 6.07) is 5.79. The van der Waals surface area contributed by atoms with Gasteiger partial charge in [-0.15, -0.1) is 0 Å². The second kappa shape index (κ2) is 11.4. The standard InChI is InChI=1S/C27H32O15/c1-8-17(31)20(34)22(36)26(38-8)40-11-6-14(30)16-15(7-11)41-24(10-3-4-12(28)13(29)5-10)25(19(16)33)42-27-23(37)21(35)18(32)9(2)39-27/h3-9,17-18,20-32,34-37H,1-2H3/t8-,9+,17-,18-,20+,21+,22-,23-,24-,25+,26-,27-/m0/s1. The molecule has 0 aromatic heterocycles. The predicted molar refractivity (Wildman–Crippen MR) is 136 cm³/mol. The predicted octanol–water partition coefficient (Wildman–Crippen LogP) is -1.46. The Balaban J connectivity index is 1.49. The van der Waals surface area contributed by atoms with Gasteiger partial charge in [0.15, 0.2) is 30.0 Å². The number of Topliss-reactive ketones (excluding diaryl/α,β-unsaturated/α-hetero) is 1. The molecular formula is C27H32O15. The first kappa shape index (κ1) is 30.2. The molecule has 3 aliphatic heterocycles. The SMILES string of the molecule is C[C@@H]1O[C@@H](Oc2cc(O)c3c(c2)O[C@@H](c2ccc(O)c(O)c2)[C@H](O[C@@H]2O[C@H](C)[C@H](O)[C@@H](O)[C@@H]2O)C3=O)[C@@H](O)[C@H](O)[C@H]1O. The number of hydrogen-bond donors (Lipinski definition) is 9. The fourth-order valence-corrected chi connectivity index (χ4v) is 5.07. The Morgan fingerprint density at radius 3 is 1.90 bits per heavy atom. The first-order valence-corrected chi connectivity index (χ1v) is 13.1. The number of hydrogen-bond acceptors (Lipinski definition) is 15. The van der Waals surface area contributed by atoms with Gasteiger partial charge in [-0.1, -0.05) is 6.07 Å². The zero-order valence-electron chi connectivity index (χ0n) is 22.3. The second-order valence-corrected chi connectivity index (χ2v) is 10.5. The number of ether oxygens (including phenoxy) is 5. The molecule has 0 saturated carbocycles. The first-order valence-electron chi connectivity index (χ1n) is 13.1. The number of benzene rings is 2. The molecule has 0 amide bonds. The molecule has 2 fully saturated rings. The van der Waals surface area contributed by atoms with Gasteiger partial charge in [-0.05, 0) is 31.5 Å². The van der Waals surface area contributed by atoms with E-state index >= 15 is 0 Å². The molecular weight excluding hydrogens is 564 g/mol. The molecule has 42 heavy (non-hydrogen) atoms. The summed E-state index contributed by atoms with van der Waals surface area (Å²) in [6.07, 6.45) is -17.5. The Bertz CT molecular complexity index is 1320. The summed E-state index contributed by atoms with van der Waals surface area (Å²) in [5, 5.41) is 91.8. The van der Waals surface area contributed by atoms with E-state index in [-0.39, 0.29) is 22.6 Å². The van der Waals surface area contributed by atoms with Crippen molar-refractivity contribution in [3.63, 3.8) is 0 Å². The van der Waals surface area contributed by atoms with Crippen molar-refractivity contribution in [2.75, 3.05) is 0 Å². The summed E-state index contributed by atoms with van der Waals surface area (Å²) in [6.45, 7) is 2.87. The van der Waals surface area contributed by atoms with E-state index in [4.69, 9.17) is 23.7 Å². The van der Waals surface area contributed by atoms with Gasteiger partial charge in [0.2, 0.25) is 12.1 Å². The third-order valence-corrected chi connectivity index (χ3v) is 7.57. The summed E-state index contributed by atoms with van der Waals surface area (Å²) in [5.74, 6) is -2.88. The number of fused-ring (bicyclic) bond motifs is 1. The summed E-state index contributed by atoms with van der Waals surface area (Å²) in [4.78, 5) is 13.8. The summed E-state index contributed by atoms with van der Waals surface area (Å²) in [5.41, 5.74) is -0.240. The molecule has 0 aliphatic carbocycles. The lowest BCUT2D eigenvalue weighted by atomic mass is 9.92. The Morgan fingerprint density at radius 1 is 0.690 bits per heavy atom. The highest BCUT2D eigenvalue weighted by atomic mass is 16.7. The van der Waals surface area contributed by atoms with Gasteiger partial charge in [0.05, 0.1) is 12.2 Å². The quantitative estimate of drug-likeness (QED) is 0.179. The summed E-state index contributed by atoms with van der Waals surface area (Å²) < 4.78 is 28.3. The van der Waals surface area contributed by atoms with Gasteiger partial charge in [-0.3, -0.25) is 4.79 Å². The largest absolute Gasteiger partial charge is 0.507 e. The maximum absolute atomic E-state index is 13.8. The number of aromatic hydroxyl groups is 3. The van der Waals surface area contributed by atoms with Crippen molar-refractivity contribution in [3.8, 4) is 28.7 Å². The Kier molecular flexibility index (Phi) is 8.23. The highest BCUT2D eigenvalue weighted by molar-refractivity contribution is 6.05. The van der Waals surface area contributed by atoms with E-state index in [1.807, 2.05) is 0 Å². The van der Waals surface area contributed by atoms with Crippen molar-refractivity contribution in [1.29, 1.82) is 0 Å². The van der Waals surface area contributed by atoms with Crippen molar-refractivity contribution in [2.24, 2.45) is 0 Å². The minimum absolute atomic E-state index is 0.121. The molecule has 0 bridgehead atoms. The van der Waals surface area contributed by atoms with E-state index in [1.165, 1.54) is 26.0 Å². The number of carbonyl (C=O) groups is 1. The molecule has 0 unspecified atom stereocenters. The van der Waals surface area contributed by atoms with Crippen LogP contribution in [0.5, 0.6) is 28.7 Å². The number of phenols is 3. The van der Waals surface area contributed by atoms with E-state index in [0.717, 1.165) is 18.2 Å². The number of aliphatic hydroxyl groups excluding tert-OH is 6. The Labute approximate surface area is 238 Å². The number of carbonyl (C=O) groups excluding carboxylic acids is 1. The second-order valence-electron chi connectivity index (χ2n) is 10.5. The van der Waals surface area contributed by atoms with E-state index < -0.39 is 96.7 Å². The number of phenolic OH excluding ortho intramolecular Hbond substituents is 3. The Hall–Kier alpha value is -3.25. The topological polar surface area (TPSA) is 245 Å². The van der Waals surface area contributed by atoms with E-state index in [0.29, 0.717) is 0 Å². The minimum atomic E-state index is -1.78. The molecule has 9 N–H and O–H groups in total. The molecule has 15 nitrogen and oxygen atoms in total. The lowest BCUT2D eigenvalue weighted by molar-refractivity contribution is -0.304. The zero-order valence-corrected chi connectivity index (χ0v) is 22.3. The number of ketones is 1. The van der Waals surface area contributed by atoms with Crippen LogP contribution in [-0.2, 0) is 14.2 Å². The van der Waals surface area contributed by atoms with Crippen LogP contribution in [0.3, 0.4) is 0 Å². The lowest BCUT2D eigenvalue weighted by Gasteiger charge is -2.42. The van der Waals surface area contributed by atoms with Crippen LogP contribution in [0.15, 0.2) is 30.3 Å². The smallest absolute Gasteiger partial charge is 0.229 e. The van der Waals surface area contributed by atoms with E-state index in [1.54, 1.807) is 0 Å². The highest BCUT2D eigenvalue weighted by Gasteiger charge is 2.49. The third-order valence-electron chi connectivity index (χ3n) is 7.57. The maximum atomic E-state index is 13.8. The van der Waals surface area contributed by atoms with Crippen molar-refractivity contribution in [3.05, 3.63) is 41.5 Å². The highest BCUT2D eigenvalue weighted by Crippen LogP contribution is 2.45. The van der Waals surface area contributed by atoms with Crippen LogP contribution in [0.2, 0.25) is 0 Å². The Morgan fingerprint density at radius 2 is 1.29 bits per heavy atom. The lowest BCUT2D eigenvalue weighted by Crippen LogP contribution is -2.59. The monoisotopic (exact) mass is 596 g/mol. The zero-order chi connectivity index (χ0) is 30.6. The fraction of sp³-hybridized carbons (Fsp3) is 0.519. The maximum Gasteiger partial charge on any atom is 0.229 e. The normalized spacial score (nSPS) is 38.4. The molecule has 3 aliphatic rings. The van der Waals surface area contributed by atoms with Gasteiger partial charge in [-0.2, -0.15) is 0 Å². The van der Waals surface area contributed by atoms with Crippen LogP contribution < -0.4 is 9.47 Å². The third kappa shape index (κ3) is 5.34.